The van der Waals surface area contributed by atoms with Crippen molar-refractivity contribution < 1.29 is 13.9 Å². The SMILES string of the molecule is COc1c(CN=C=O)ccc(Br)c1F. The molecule has 0 aliphatic carbocycles. The molecule has 1 aromatic carbocycles. The van der Waals surface area contributed by atoms with Gasteiger partial charge in [-0.05, 0) is 22.0 Å². The third-order valence-corrected chi connectivity index (χ3v) is 2.26. The monoisotopic (exact) mass is 259 g/mol. The highest BCUT2D eigenvalue weighted by molar-refractivity contribution is 9.10. The molecule has 74 valence electrons. The van der Waals surface area contributed by atoms with Crippen LogP contribution >= 0.6 is 15.9 Å². The fourth-order valence-electron chi connectivity index (χ4n) is 1.03. The summed E-state index contributed by atoms with van der Waals surface area (Å²) < 4.78 is 18.6. The van der Waals surface area contributed by atoms with Crippen molar-refractivity contribution in [2.45, 2.75) is 6.54 Å². The molecule has 0 fully saturated rings. The normalized spacial score (nSPS) is 9.36. The highest BCUT2D eigenvalue weighted by Crippen LogP contribution is 2.29. The molecule has 14 heavy (non-hydrogen) atoms. The van der Waals surface area contributed by atoms with Gasteiger partial charge in [0.2, 0.25) is 6.08 Å². The fourth-order valence-corrected chi connectivity index (χ4v) is 1.35. The van der Waals surface area contributed by atoms with Gasteiger partial charge in [-0.1, -0.05) is 6.07 Å². The van der Waals surface area contributed by atoms with E-state index in [0.29, 0.717) is 10.0 Å². The van der Waals surface area contributed by atoms with Crippen LogP contribution < -0.4 is 4.74 Å². The van der Waals surface area contributed by atoms with Gasteiger partial charge in [0, 0.05) is 5.56 Å². The topological polar surface area (TPSA) is 38.7 Å². The molecule has 0 saturated carbocycles. The summed E-state index contributed by atoms with van der Waals surface area (Å²) in [7, 11) is 1.36. The molecular weight excluding hydrogens is 253 g/mol. The average molecular weight is 260 g/mol. The number of halogens is 2. The van der Waals surface area contributed by atoms with Gasteiger partial charge in [-0.25, -0.2) is 14.2 Å². The summed E-state index contributed by atoms with van der Waals surface area (Å²) in [6.45, 7) is 0.0663. The zero-order valence-corrected chi connectivity index (χ0v) is 8.97. The fraction of sp³-hybridized carbons (Fsp3) is 0.222. The van der Waals surface area contributed by atoms with Crippen molar-refractivity contribution in [3.05, 3.63) is 28.0 Å². The molecule has 0 unspecified atom stereocenters. The number of hydrogen-bond donors (Lipinski definition) is 0. The van der Waals surface area contributed by atoms with E-state index in [1.807, 2.05) is 0 Å². The molecule has 0 bridgehead atoms. The number of carbonyl (C=O) groups excluding carboxylic acids is 1. The number of hydrogen-bond acceptors (Lipinski definition) is 3. The van der Waals surface area contributed by atoms with Crippen molar-refractivity contribution >= 4 is 22.0 Å². The van der Waals surface area contributed by atoms with Crippen LogP contribution in [0.3, 0.4) is 0 Å². The number of methoxy groups -OCH3 is 1. The Morgan fingerprint density at radius 3 is 2.93 bits per heavy atom. The molecule has 0 aliphatic rings. The Morgan fingerprint density at radius 1 is 1.64 bits per heavy atom. The first-order chi connectivity index (χ1) is 6.70. The second kappa shape index (κ2) is 4.88. The zero-order valence-electron chi connectivity index (χ0n) is 7.38. The van der Waals surface area contributed by atoms with Gasteiger partial charge in [0.15, 0.2) is 11.6 Å². The van der Waals surface area contributed by atoms with E-state index in [0.717, 1.165) is 0 Å². The zero-order chi connectivity index (χ0) is 10.6. The lowest BCUT2D eigenvalue weighted by molar-refractivity contribution is 0.380. The third-order valence-electron chi connectivity index (χ3n) is 1.65. The molecule has 0 N–H and O–H groups in total. The molecule has 5 heteroatoms. The van der Waals surface area contributed by atoms with Gasteiger partial charge < -0.3 is 4.74 Å². The van der Waals surface area contributed by atoms with Crippen molar-refractivity contribution in [2.75, 3.05) is 7.11 Å². The minimum absolute atomic E-state index is 0.0663. The van der Waals surface area contributed by atoms with E-state index in [-0.39, 0.29) is 12.3 Å². The van der Waals surface area contributed by atoms with Crippen LogP contribution in [0.5, 0.6) is 5.75 Å². The summed E-state index contributed by atoms with van der Waals surface area (Å²) in [5.41, 5.74) is 0.511. The van der Waals surface area contributed by atoms with E-state index in [2.05, 4.69) is 20.9 Å². The number of nitrogens with zero attached hydrogens (tertiary/aromatic N) is 1. The smallest absolute Gasteiger partial charge is 0.235 e. The van der Waals surface area contributed by atoms with E-state index < -0.39 is 5.82 Å². The lowest BCUT2D eigenvalue weighted by Gasteiger charge is -2.07. The van der Waals surface area contributed by atoms with Crippen LogP contribution in [-0.2, 0) is 11.3 Å². The Balaban J connectivity index is 3.16. The second-order valence-corrected chi connectivity index (χ2v) is 3.32. The summed E-state index contributed by atoms with van der Waals surface area (Å²) in [5.74, 6) is -0.399. The Morgan fingerprint density at radius 2 is 2.36 bits per heavy atom. The van der Waals surface area contributed by atoms with Crippen LogP contribution in [-0.4, -0.2) is 13.2 Å². The average Bonchev–Trinajstić information content (AvgIpc) is 2.20. The maximum absolute atomic E-state index is 13.4. The maximum Gasteiger partial charge on any atom is 0.235 e. The number of benzene rings is 1. The van der Waals surface area contributed by atoms with E-state index in [9.17, 15) is 9.18 Å². The summed E-state index contributed by atoms with van der Waals surface area (Å²) in [6, 6.07) is 3.17. The summed E-state index contributed by atoms with van der Waals surface area (Å²) in [6.07, 6.45) is 1.39. The Labute approximate surface area is 88.7 Å². The molecule has 0 radical (unpaired) electrons. The third kappa shape index (κ3) is 2.19. The van der Waals surface area contributed by atoms with Crippen molar-refractivity contribution in [1.82, 2.24) is 0 Å². The van der Waals surface area contributed by atoms with Crippen molar-refractivity contribution in [3.8, 4) is 5.75 Å². The number of aliphatic imine (C=N–C) groups is 1. The van der Waals surface area contributed by atoms with Crippen molar-refractivity contribution in [1.29, 1.82) is 0 Å². The summed E-state index contributed by atoms with van der Waals surface area (Å²) in [4.78, 5) is 13.2. The lowest BCUT2D eigenvalue weighted by atomic mass is 10.2. The Hall–Kier alpha value is -1.19. The molecule has 1 rings (SSSR count). The van der Waals surface area contributed by atoms with Gasteiger partial charge in [0.1, 0.15) is 0 Å². The predicted molar refractivity (Wildman–Crippen MR) is 52.5 cm³/mol. The molecule has 0 saturated heterocycles. The van der Waals surface area contributed by atoms with E-state index >= 15 is 0 Å². The lowest BCUT2D eigenvalue weighted by Crippen LogP contribution is -1.95. The number of rotatable bonds is 3. The molecule has 0 heterocycles. The van der Waals surface area contributed by atoms with E-state index in [4.69, 9.17) is 4.74 Å². The van der Waals surface area contributed by atoms with Crippen LogP contribution in [0.1, 0.15) is 5.56 Å². The Kier molecular flexibility index (Phi) is 3.80. The van der Waals surface area contributed by atoms with Gasteiger partial charge in [-0.2, -0.15) is 0 Å². The first-order valence-corrected chi connectivity index (χ1v) is 4.54. The predicted octanol–water partition coefficient (Wildman–Crippen LogP) is 2.43. The standard InChI is InChI=1S/C9H7BrFNO2/c1-14-9-6(4-12-5-13)2-3-7(10)8(9)11/h2-3H,4H2,1H3. The largest absolute Gasteiger partial charge is 0.493 e. The van der Waals surface area contributed by atoms with Crippen LogP contribution in [0.2, 0.25) is 0 Å². The highest BCUT2D eigenvalue weighted by atomic mass is 79.9. The van der Waals surface area contributed by atoms with Crippen LogP contribution in [0, 0.1) is 5.82 Å². The van der Waals surface area contributed by atoms with Crippen LogP contribution in [0.15, 0.2) is 21.6 Å². The van der Waals surface area contributed by atoms with Gasteiger partial charge in [-0.3, -0.25) is 0 Å². The molecule has 0 spiro atoms. The molecule has 0 aliphatic heterocycles. The van der Waals surface area contributed by atoms with E-state index in [1.54, 1.807) is 6.07 Å². The molecule has 0 atom stereocenters. The minimum Gasteiger partial charge on any atom is -0.493 e. The Bertz CT molecular complexity index is 389. The van der Waals surface area contributed by atoms with Crippen LogP contribution in [0.25, 0.3) is 0 Å². The first kappa shape index (κ1) is 10.9. The molecule has 1 aromatic rings. The molecular formula is C9H7BrFNO2. The van der Waals surface area contributed by atoms with Crippen LogP contribution in [0.4, 0.5) is 4.39 Å². The summed E-state index contributed by atoms with van der Waals surface area (Å²) in [5, 5.41) is 0. The number of ether oxygens (including phenoxy) is 1. The molecule has 3 nitrogen and oxygen atoms in total. The quantitative estimate of drug-likeness (QED) is 0.618. The van der Waals surface area contributed by atoms with Gasteiger partial charge in [0.05, 0.1) is 18.1 Å². The second-order valence-electron chi connectivity index (χ2n) is 2.46. The molecule has 0 aromatic heterocycles. The van der Waals surface area contributed by atoms with Gasteiger partial charge in [0.25, 0.3) is 0 Å². The summed E-state index contributed by atoms with van der Waals surface area (Å²) >= 11 is 3.03. The van der Waals surface area contributed by atoms with Crippen molar-refractivity contribution in [2.24, 2.45) is 4.99 Å². The van der Waals surface area contributed by atoms with Gasteiger partial charge in [-0.15, -0.1) is 0 Å². The maximum atomic E-state index is 13.4. The minimum atomic E-state index is -0.494. The number of isocyanates is 1. The highest BCUT2D eigenvalue weighted by Gasteiger charge is 2.11. The van der Waals surface area contributed by atoms with E-state index in [1.165, 1.54) is 19.3 Å². The first-order valence-electron chi connectivity index (χ1n) is 3.75. The molecule has 0 amide bonds. The van der Waals surface area contributed by atoms with Gasteiger partial charge >= 0.3 is 0 Å². The van der Waals surface area contributed by atoms with Crippen molar-refractivity contribution in [3.63, 3.8) is 0 Å².